The van der Waals surface area contributed by atoms with Crippen LogP contribution in [0.2, 0.25) is 0 Å². The van der Waals surface area contributed by atoms with Crippen LogP contribution in [0.15, 0.2) is 47.4 Å². The Hall–Kier alpha value is -2.61. The van der Waals surface area contributed by atoms with Crippen LogP contribution in [0.5, 0.6) is 11.5 Å². The van der Waals surface area contributed by atoms with Gasteiger partial charge in [-0.15, -0.1) is 0 Å². The van der Waals surface area contributed by atoms with E-state index in [1.807, 2.05) is 0 Å². The lowest BCUT2D eigenvalue weighted by atomic mass is 10.2. The fraction of sp³-hybridized carbons (Fsp3) is 0.0769. The van der Waals surface area contributed by atoms with E-state index in [1.54, 1.807) is 19.1 Å². The van der Waals surface area contributed by atoms with Crippen LogP contribution < -0.4 is 4.18 Å². The maximum Gasteiger partial charge on any atom is 0.339 e. The molecular formula is C13H11NO6S. The van der Waals surface area contributed by atoms with Crippen LogP contribution >= 0.6 is 0 Å². The molecule has 0 heterocycles. The summed E-state index contributed by atoms with van der Waals surface area (Å²) in [5.41, 5.74) is 0.251. The largest absolute Gasteiger partial charge is 0.502 e. The van der Waals surface area contributed by atoms with E-state index >= 15 is 0 Å². The number of benzene rings is 2. The van der Waals surface area contributed by atoms with Gasteiger partial charge < -0.3 is 9.29 Å². The number of hydrogen-bond donors (Lipinski definition) is 1. The fourth-order valence-electron chi connectivity index (χ4n) is 1.58. The summed E-state index contributed by atoms with van der Waals surface area (Å²) in [7, 11) is -4.09. The molecule has 0 aliphatic rings. The van der Waals surface area contributed by atoms with E-state index in [-0.39, 0.29) is 10.6 Å². The minimum atomic E-state index is -4.09. The number of nitrogens with zero attached hydrogens (tertiary/aromatic N) is 1. The van der Waals surface area contributed by atoms with Gasteiger partial charge in [0, 0.05) is 0 Å². The van der Waals surface area contributed by atoms with E-state index in [1.165, 1.54) is 12.1 Å². The Morgan fingerprint density at radius 1 is 1.14 bits per heavy atom. The smallest absolute Gasteiger partial charge is 0.339 e. The van der Waals surface area contributed by atoms with Crippen molar-refractivity contribution < 1.29 is 22.6 Å². The highest BCUT2D eigenvalue weighted by Crippen LogP contribution is 2.31. The van der Waals surface area contributed by atoms with E-state index in [2.05, 4.69) is 0 Å². The number of rotatable bonds is 4. The van der Waals surface area contributed by atoms with E-state index in [0.717, 1.165) is 23.8 Å². The Balaban J connectivity index is 2.35. The Bertz CT molecular complexity index is 783. The number of nitro groups is 1. The first kappa shape index (κ1) is 14.8. The summed E-state index contributed by atoms with van der Waals surface area (Å²) in [6.07, 6.45) is 0. The molecule has 0 aromatic heterocycles. The van der Waals surface area contributed by atoms with Crippen molar-refractivity contribution >= 4 is 15.8 Å². The van der Waals surface area contributed by atoms with Crippen molar-refractivity contribution in [1.82, 2.24) is 0 Å². The predicted molar refractivity (Wildman–Crippen MR) is 73.8 cm³/mol. The summed E-state index contributed by atoms with van der Waals surface area (Å²) in [5, 5.41) is 20.0. The molecule has 0 radical (unpaired) electrons. The van der Waals surface area contributed by atoms with Crippen molar-refractivity contribution in [3.05, 3.63) is 58.1 Å². The molecule has 0 amide bonds. The molecule has 0 spiro atoms. The molecule has 2 aromatic carbocycles. The number of nitro benzene ring substituents is 1. The molecule has 7 nitrogen and oxygen atoms in total. The zero-order chi connectivity index (χ0) is 15.6. The second kappa shape index (κ2) is 5.41. The highest BCUT2D eigenvalue weighted by Gasteiger charge is 2.20. The summed E-state index contributed by atoms with van der Waals surface area (Å²) in [4.78, 5) is 9.79. The molecule has 2 rings (SSSR count). The fourth-order valence-corrected chi connectivity index (χ4v) is 2.50. The Morgan fingerprint density at radius 2 is 1.76 bits per heavy atom. The molecule has 8 heteroatoms. The van der Waals surface area contributed by atoms with Crippen LogP contribution in [0.25, 0.3) is 0 Å². The van der Waals surface area contributed by atoms with Gasteiger partial charge in [-0.3, -0.25) is 10.1 Å². The number of aryl methyl sites for hydroxylation is 1. The number of hydrogen-bond acceptors (Lipinski definition) is 6. The number of phenolic OH excluding ortho intramolecular Hbond substituents is 1. The predicted octanol–water partition coefficient (Wildman–Crippen LogP) is 2.38. The lowest BCUT2D eigenvalue weighted by molar-refractivity contribution is -0.385. The lowest BCUT2D eigenvalue weighted by Gasteiger charge is -2.07. The van der Waals surface area contributed by atoms with Gasteiger partial charge in [-0.25, -0.2) is 0 Å². The summed E-state index contributed by atoms with van der Waals surface area (Å²) < 4.78 is 28.9. The van der Waals surface area contributed by atoms with E-state index in [9.17, 15) is 23.6 Å². The Kier molecular flexibility index (Phi) is 3.81. The van der Waals surface area contributed by atoms with Crippen molar-refractivity contribution in [1.29, 1.82) is 0 Å². The van der Waals surface area contributed by atoms with Crippen LogP contribution in [-0.4, -0.2) is 18.4 Å². The average molecular weight is 309 g/mol. The van der Waals surface area contributed by atoms with Crippen LogP contribution in [0, 0.1) is 17.0 Å². The molecule has 0 atom stereocenters. The van der Waals surface area contributed by atoms with Gasteiger partial charge in [0.1, 0.15) is 10.6 Å². The van der Waals surface area contributed by atoms with Gasteiger partial charge in [-0.2, -0.15) is 8.42 Å². The normalized spacial score (nSPS) is 11.1. The molecule has 110 valence electrons. The molecule has 21 heavy (non-hydrogen) atoms. The van der Waals surface area contributed by atoms with Crippen LogP contribution in [0.1, 0.15) is 5.56 Å². The van der Waals surface area contributed by atoms with Crippen molar-refractivity contribution in [2.75, 3.05) is 0 Å². The molecule has 0 unspecified atom stereocenters. The summed E-state index contributed by atoms with van der Waals surface area (Å²) in [5.74, 6) is -0.819. The monoisotopic (exact) mass is 309 g/mol. The number of phenols is 1. The number of aromatic hydroxyl groups is 1. The summed E-state index contributed by atoms with van der Waals surface area (Å²) >= 11 is 0. The highest BCUT2D eigenvalue weighted by molar-refractivity contribution is 7.87. The lowest BCUT2D eigenvalue weighted by Crippen LogP contribution is -2.09. The third-order valence-electron chi connectivity index (χ3n) is 2.66. The van der Waals surface area contributed by atoms with Gasteiger partial charge >= 0.3 is 15.8 Å². The molecule has 0 fully saturated rings. The van der Waals surface area contributed by atoms with Crippen LogP contribution in [-0.2, 0) is 10.1 Å². The SMILES string of the molecule is Cc1ccc(S(=O)(=O)Oc2ccc(O)c([N+](=O)[O-])c2)cc1. The molecule has 1 N–H and O–H groups in total. The first-order valence-electron chi connectivity index (χ1n) is 5.78. The van der Waals surface area contributed by atoms with Gasteiger partial charge in [0.15, 0.2) is 5.75 Å². The first-order chi connectivity index (χ1) is 9.79. The second-order valence-corrected chi connectivity index (χ2v) is 5.80. The van der Waals surface area contributed by atoms with Gasteiger partial charge in [-0.1, -0.05) is 17.7 Å². The van der Waals surface area contributed by atoms with E-state index in [4.69, 9.17) is 4.18 Å². The second-order valence-electron chi connectivity index (χ2n) is 4.26. The van der Waals surface area contributed by atoms with Crippen molar-refractivity contribution in [2.45, 2.75) is 11.8 Å². The van der Waals surface area contributed by atoms with Crippen LogP contribution in [0.4, 0.5) is 5.69 Å². The summed E-state index contributed by atoms with van der Waals surface area (Å²) in [6, 6.07) is 8.94. The maximum atomic E-state index is 12.0. The molecule has 0 aliphatic carbocycles. The molecule has 0 bridgehead atoms. The standard InChI is InChI=1S/C13H11NO6S/c1-9-2-5-11(6-3-9)21(18,19)20-10-4-7-13(15)12(8-10)14(16)17/h2-8,15H,1H3. The van der Waals surface area contributed by atoms with Crippen molar-refractivity contribution in [2.24, 2.45) is 0 Å². The third-order valence-corrected chi connectivity index (χ3v) is 3.92. The van der Waals surface area contributed by atoms with Gasteiger partial charge in [0.05, 0.1) is 11.0 Å². The van der Waals surface area contributed by atoms with Crippen molar-refractivity contribution in [3.8, 4) is 11.5 Å². The Morgan fingerprint density at radius 3 is 2.33 bits per heavy atom. The molecular weight excluding hydrogens is 298 g/mol. The molecule has 2 aromatic rings. The van der Waals surface area contributed by atoms with Crippen molar-refractivity contribution in [3.63, 3.8) is 0 Å². The topological polar surface area (TPSA) is 107 Å². The zero-order valence-electron chi connectivity index (χ0n) is 10.9. The van der Waals surface area contributed by atoms with Gasteiger partial charge in [0.25, 0.3) is 0 Å². The minimum absolute atomic E-state index is 0.0659. The zero-order valence-corrected chi connectivity index (χ0v) is 11.7. The summed E-state index contributed by atoms with van der Waals surface area (Å²) in [6.45, 7) is 1.81. The van der Waals surface area contributed by atoms with Gasteiger partial charge in [0.2, 0.25) is 0 Å². The first-order valence-corrected chi connectivity index (χ1v) is 7.19. The van der Waals surface area contributed by atoms with E-state index < -0.39 is 26.5 Å². The maximum absolute atomic E-state index is 12.0. The molecule has 0 saturated carbocycles. The highest BCUT2D eigenvalue weighted by atomic mass is 32.2. The van der Waals surface area contributed by atoms with Gasteiger partial charge in [-0.05, 0) is 31.2 Å². The quantitative estimate of drug-likeness (QED) is 0.528. The van der Waals surface area contributed by atoms with Crippen LogP contribution in [0.3, 0.4) is 0 Å². The van der Waals surface area contributed by atoms with E-state index in [0.29, 0.717) is 0 Å². The minimum Gasteiger partial charge on any atom is -0.502 e. The Labute approximate surface area is 120 Å². The third kappa shape index (κ3) is 3.29. The molecule has 0 saturated heterocycles. The molecule has 0 aliphatic heterocycles. The average Bonchev–Trinajstić information content (AvgIpc) is 2.41.